The number of H-pyrrole nitrogens is 1. The Morgan fingerprint density at radius 3 is 2.47 bits per heavy atom. The standard InChI is InChI=1S/C10H19N3.CH4O4S/c1-3-5-6-7-11-10-8-12-9(4-2)13-10;1-5-6(2,3)4/h8,11H,3-7H2,1-2H3,(H,12,13);1H3,(H,2,3,4). The molecule has 0 radical (unpaired) electrons. The number of imidazole rings is 1. The van der Waals surface area contributed by atoms with Crippen molar-refractivity contribution in [3.63, 3.8) is 0 Å². The molecule has 1 heterocycles. The number of hydrogen-bond acceptors (Lipinski definition) is 5. The summed E-state index contributed by atoms with van der Waals surface area (Å²) < 4.78 is 29.7. The normalized spacial score (nSPS) is 10.7. The Morgan fingerprint density at radius 1 is 1.42 bits per heavy atom. The SMILES string of the molecule is CCCCCNc1c[nH]c(CC)n1.COS(=O)(=O)O. The Balaban J connectivity index is 0.000000459. The molecule has 0 aliphatic heterocycles. The van der Waals surface area contributed by atoms with Crippen LogP contribution in [0, 0.1) is 0 Å². The number of aryl methyl sites for hydroxylation is 1. The van der Waals surface area contributed by atoms with E-state index in [1.807, 2.05) is 6.20 Å². The minimum Gasteiger partial charge on any atom is -0.369 e. The van der Waals surface area contributed by atoms with Gasteiger partial charge in [-0.3, -0.25) is 8.74 Å². The second kappa shape index (κ2) is 9.76. The molecule has 19 heavy (non-hydrogen) atoms. The molecule has 112 valence electrons. The molecule has 0 spiro atoms. The smallest absolute Gasteiger partial charge is 0.369 e. The molecule has 0 unspecified atom stereocenters. The first-order chi connectivity index (χ1) is 8.92. The lowest BCUT2D eigenvalue weighted by Crippen LogP contribution is -2.01. The molecule has 0 aliphatic carbocycles. The molecule has 0 saturated carbocycles. The summed E-state index contributed by atoms with van der Waals surface area (Å²) in [6.07, 6.45) is 6.69. The van der Waals surface area contributed by atoms with Crippen molar-refractivity contribution >= 4 is 16.2 Å². The molecule has 1 aromatic heterocycles. The lowest BCUT2D eigenvalue weighted by molar-refractivity contribution is 0.324. The largest absolute Gasteiger partial charge is 0.397 e. The van der Waals surface area contributed by atoms with Crippen molar-refractivity contribution < 1.29 is 17.2 Å². The van der Waals surface area contributed by atoms with E-state index in [1.54, 1.807) is 0 Å². The molecule has 1 rings (SSSR count). The van der Waals surface area contributed by atoms with Gasteiger partial charge in [-0.1, -0.05) is 26.7 Å². The first-order valence-corrected chi connectivity index (χ1v) is 7.60. The third kappa shape index (κ3) is 10.5. The summed E-state index contributed by atoms with van der Waals surface area (Å²) in [5.41, 5.74) is 0. The van der Waals surface area contributed by atoms with Crippen LogP contribution < -0.4 is 5.32 Å². The molecule has 3 N–H and O–H groups in total. The lowest BCUT2D eigenvalue weighted by atomic mass is 10.2. The van der Waals surface area contributed by atoms with E-state index in [0.717, 1.165) is 31.7 Å². The van der Waals surface area contributed by atoms with Crippen molar-refractivity contribution in [2.45, 2.75) is 39.5 Å². The van der Waals surface area contributed by atoms with Crippen LogP contribution in [0.2, 0.25) is 0 Å². The molecule has 0 aliphatic rings. The van der Waals surface area contributed by atoms with E-state index in [9.17, 15) is 8.42 Å². The highest BCUT2D eigenvalue weighted by Crippen LogP contribution is 2.04. The number of nitrogens with zero attached hydrogens (tertiary/aromatic N) is 1. The van der Waals surface area contributed by atoms with Crippen molar-refractivity contribution in [2.24, 2.45) is 0 Å². The van der Waals surface area contributed by atoms with Crippen LogP contribution in [0.15, 0.2) is 6.20 Å². The van der Waals surface area contributed by atoms with Crippen LogP contribution in [0.4, 0.5) is 5.82 Å². The van der Waals surface area contributed by atoms with Gasteiger partial charge in [0.25, 0.3) is 0 Å². The average molecular weight is 293 g/mol. The van der Waals surface area contributed by atoms with Gasteiger partial charge in [-0.05, 0) is 6.42 Å². The number of unbranched alkanes of at least 4 members (excludes halogenated alkanes) is 2. The summed E-state index contributed by atoms with van der Waals surface area (Å²) in [5.74, 6) is 2.03. The van der Waals surface area contributed by atoms with Crippen molar-refractivity contribution in [2.75, 3.05) is 19.0 Å². The van der Waals surface area contributed by atoms with Crippen LogP contribution in [-0.4, -0.2) is 36.6 Å². The van der Waals surface area contributed by atoms with Gasteiger partial charge in [-0.2, -0.15) is 8.42 Å². The number of hydrogen-bond donors (Lipinski definition) is 3. The van der Waals surface area contributed by atoms with Gasteiger partial charge in [0, 0.05) is 19.2 Å². The Hall–Kier alpha value is -1.12. The van der Waals surface area contributed by atoms with Crippen molar-refractivity contribution in [3.8, 4) is 0 Å². The fourth-order valence-electron chi connectivity index (χ4n) is 1.22. The Bertz CT molecular complexity index is 431. The predicted octanol–water partition coefficient (Wildman–Crippen LogP) is 2.01. The van der Waals surface area contributed by atoms with E-state index in [4.69, 9.17) is 4.55 Å². The van der Waals surface area contributed by atoms with Gasteiger partial charge in [-0.25, -0.2) is 4.98 Å². The van der Waals surface area contributed by atoms with Gasteiger partial charge in [0.15, 0.2) is 0 Å². The zero-order valence-electron chi connectivity index (χ0n) is 11.6. The van der Waals surface area contributed by atoms with E-state index in [1.165, 1.54) is 19.3 Å². The van der Waals surface area contributed by atoms with Crippen LogP contribution in [0.5, 0.6) is 0 Å². The van der Waals surface area contributed by atoms with Gasteiger partial charge in [0.1, 0.15) is 11.6 Å². The van der Waals surface area contributed by atoms with Crippen LogP contribution in [0.3, 0.4) is 0 Å². The van der Waals surface area contributed by atoms with E-state index in [-0.39, 0.29) is 0 Å². The minimum atomic E-state index is -4.16. The Labute approximate surface area is 114 Å². The fourth-order valence-corrected chi connectivity index (χ4v) is 1.22. The van der Waals surface area contributed by atoms with Gasteiger partial charge < -0.3 is 10.3 Å². The zero-order chi connectivity index (χ0) is 14.7. The highest BCUT2D eigenvalue weighted by molar-refractivity contribution is 7.80. The quantitative estimate of drug-likeness (QED) is 0.524. The summed E-state index contributed by atoms with van der Waals surface area (Å²) in [5, 5.41) is 3.29. The molecular formula is C11H23N3O4S. The summed E-state index contributed by atoms with van der Waals surface area (Å²) in [6, 6.07) is 0. The zero-order valence-corrected chi connectivity index (χ0v) is 12.5. The van der Waals surface area contributed by atoms with E-state index in [0.29, 0.717) is 0 Å². The van der Waals surface area contributed by atoms with E-state index < -0.39 is 10.4 Å². The first-order valence-electron chi connectivity index (χ1n) is 6.24. The second-order valence-electron chi connectivity index (χ2n) is 3.81. The molecule has 8 heteroatoms. The van der Waals surface area contributed by atoms with Crippen LogP contribution in [0.25, 0.3) is 0 Å². The number of aromatic amines is 1. The molecular weight excluding hydrogens is 270 g/mol. The van der Waals surface area contributed by atoms with Gasteiger partial charge in [0.05, 0.1) is 7.11 Å². The fraction of sp³-hybridized carbons (Fsp3) is 0.727. The van der Waals surface area contributed by atoms with Crippen LogP contribution in [-0.2, 0) is 21.0 Å². The van der Waals surface area contributed by atoms with Crippen LogP contribution >= 0.6 is 0 Å². The monoisotopic (exact) mass is 293 g/mol. The number of rotatable bonds is 7. The maximum atomic E-state index is 9.33. The van der Waals surface area contributed by atoms with Crippen LogP contribution in [0.1, 0.15) is 38.9 Å². The van der Waals surface area contributed by atoms with E-state index in [2.05, 4.69) is 33.3 Å². The Kier molecular flexibility index (Phi) is 9.19. The van der Waals surface area contributed by atoms with Crippen molar-refractivity contribution in [3.05, 3.63) is 12.0 Å². The molecule has 7 nitrogen and oxygen atoms in total. The molecule has 0 atom stereocenters. The highest BCUT2D eigenvalue weighted by Gasteiger charge is 1.96. The second-order valence-corrected chi connectivity index (χ2v) is 5.00. The molecule has 0 amide bonds. The molecule has 0 fully saturated rings. The lowest BCUT2D eigenvalue weighted by Gasteiger charge is -2.00. The molecule has 0 saturated heterocycles. The van der Waals surface area contributed by atoms with Gasteiger partial charge in [-0.15, -0.1) is 0 Å². The minimum absolute atomic E-state index is 0.870. The number of nitrogens with one attached hydrogen (secondary N) is 2. The van der Waals surface area contributed by atoms with Gasteiger partial charge >= 0.3 is 10.4 Å². The molecule has 1 aromatic rings. The maximum Gasteiger partial charge on any atom is 0.397 e. The average Bonchev–Trinajstić information content (AvgIpc) is 2.82. The summed E-state index contributed by atoms with van der Waals surface area (Å²) in [4.78, 5) is 7.48. The Morgan fingerprint density at radius 2 is 2.05 bits per heavy atom. The third-order valence-corrected chi connectivity index (χ3v) is 2.68. The highest BCUT2D eigenvalue weighted by atomic mass is 32.3. The maximum absolute atomic E-state index is 9.33. The summed E-state index contributed by atoms with van der Waals surface area (Å²) in [6.45, 7) is 5.34. The van der Waals surface area contributed by atoms with E-state index >= 15 is 0 Å². The first kappa shape index (κ1) is 17.9. The topological polar surface area (TPSA) is 104 Å². The van der Waals surface area contributed by atoms with Gasteiger partial charge in [0.2, 0.25) is 0 Å². The number of anilines is 1. The van der Waals surface area contributed by atoms with Crippen molar-refractivity contribution in [1.82, 2.24) is 9.97 Å². The molecule has 0 aromatic carbocycles. The third-order valence-electron chi connectivity index (χ3n) is 2.26. The molecule has 0 bridgehead atoms. The summed E-state index contributed by atoms with van der Waals surface area (Å²) in [7, 11) is -3.29. The predicted molar refractivity (Wildman–Crippen MR) is 74.5 cm³/mol. The van der Waals surface area contributed by atoms with Crippen molar-refractivity contribution in [1.29, 1.82) is 0 Å². The number of aromatic nitrogens is 2. The summed E-state index contributed by atoms with van der Waals surface area (Å²) >= 11 is 0.